The molecular weight excluding hydrogens is 635 g/mol. The number of ether oxygens (including phenoxy) is 1. The number of benzene rings is 2. The fourth-order valence-corrected chi connectivity index (χ4v) is 12.8. The summed E-state index contributed by atoms with van der Waals surface area (Å²) in [5.74, 6) is 0.111. The van der Waals surface area contributed by atoms with Crippen LogP contribution in [0.4, 0.5) is 0 Å². The van der Waals surface area contributed by atoms with Crippen molar-refractivity contribution in [3.8, 4) is 11.1 Å². The Balaban J connectivity index is 1.25. The van der Waals surface area contributed by atoms with Gasteiger partial charge in [0.15, 0.2) is 5.78 Å². The number of aliphatic hydroxyl groups is 2. The largest absolute Gasteiger partial charge is 0.393 e. The maximum Gasteiger partial charge on any atom is 0.211 e. The summed E-state index contributed by atoms with van der Waals surface area (Å²) in [4.78, 5) is 15.3. The molecule has 1 heterocycles. The molecule has 262 valence electrons. The summed E-state index contributed by atoms with van der Waals surface area (Å²) < 4.78 is 33.7. The van der Waals surface area contributed by atoms with Gasteiger partial charge >= 0.3 is 0 Å². The minimum absolute atomic E-state index is 0.0196. The number of sulfonamides is 1. The van der Waals surface area contributed by atoms with Crippen LogP contribution in [0.25, 0.3) is 11.1 Å². The van der Waals surface area contributed by atoms with Gasteiger partial charge in [0.2, 0.25) is 10.0 Å². The Labute approximate surface area is 291 Å². The average Bonchev–Trinajstić information content (AvgIpc) is 3.69. The standard InChI is InChI=1S/C41H51NO6S/c1-37-18-15-29(43)24-39(37)21-22-41(33(25-39)36(44)32-14-8-7-13-31(32)28-10-5-4-6-11-28)34(37)16-19-38(2)35(41)17-20-40(38,45)27-42(49(3,46)47)26-30-12-9-23-48-30/h4-8,10-11,13-14,21-22,25,29-30,34-35,43,45H,9,12,15-20,23-24,26-27H2,1-3H3/t29?,30-,34-,35-,37-,38+,39+,40-,41-/m1/s1. The van der Waals surface area contributed by atoms with Crippen molar-refractivity contribution in [3.05, 3.63) is 84.0 Å². The summed E-state index contributed by atoms with van der Waals surface area (Å²) in [7, 11) is -3.61. The van der Waals surface area contributed by atoms with Gasteiger partial charge in [0.1, 0.15) is 0 Å². The molecule has 2 bridgehead atoms. The van der Waals surface area contributed by atoms with Crippen LogP contribution in [0.2, 0.25) is 0 Å². The van der Waals surface area contributed by atoms with Gasteiger partial charge in [-0.25, -0.2) is 8.42 Å². The molecule has 1 aliphatic heterocycles. The molecular formula is C41H51NO6S. The van der Waals surface area contributed by atoms with Crippen LogP contribution in [0.5, 0.6) is 0 Å². The first-order valence-corrected chi connectivity index (χ1v) is 20.2. The molecule has 49 heavy (non-hydrogen) atoms. The SMILES string of the molecule is C[C@]12CC[C@H]3[C@]4(C=C[C@@]5(C=C4C(=O)c4ccccc4-c4ccccc4)CC(O)CC[C@]35C)[C@@H]1CC[C@@]2(O)CN(C[C@H]1CCCO1)S(C)(=O)=O. The van der Waals surface area contributed by atoms with Crippen LogP contribution >= 0.6 is 0 Å². The molecule has 0 aromatic heterocycles. The molecule has 0 radical (unpaired) electrons. The lowest BCUT2D eigenvalue weighted by molar-refractivity contribution is -0.174. The van der Waals surface area contributed by atoms with Crippen LogP contribution in [-0.2, 0) is 14.8 Å². The molecule has 0 amide bonds. The Bertz CT molecular complexity index is 1820. The first kappa shape index (κ1) is 33.5. The number of carbonyl (C=O) groups excluding carboxylic acids is 1. The molecule has 7 nitrogen and oxygen atoms in total. The first-order chi connectivity index (χ1) is 23.3. The molecule has 1 saturated heterocycles. The third-order valence-corrected chi connectivity index (χ3v) is 15.8. The Morgan fingerprint density at radius 3 is 2.35 bits per heavy atom. The van der Waals surface area contributed by atoms with Gasteiger partial charge in [-0.15, -0.1) is 0 Å². The van der Waals surface area contributed by atoms with Crippen molar-refractivity contribution in [1.29, 1.82) is 0 Å². The number of carbonyl (C=O) groups is 1. The van der Waals surface area contributed by atoms with Gasteiger partial charge in [-0.05, 0) is 86.2 Å². The predicted molar refractivity (Wildman–Crippen MR) is 190 cm³/mol. The lowest BCUT2D eigenvalue weighted by Gasteiger charge is -2.71. The smallest absolute Gasteiger partial charge is 0.211 e. The normalized spacial score (nSPS) is 40.9. The van der Waals surface area contributed by atoms with Crippen LogP contribution in [0, 0.1) is 33.5 Å². The molecule has 4 fully saturated rings. The lowest BCUT2D eigenvalue weighted by Crippen LogP contribution is -2.67. The van der Waals surface area contributed by atoms with E-state index in [1.807, 2.05) is 54.6 Å². The van der Waals surface area contributed by atoms with Crippen molar-refractivity contribution in [2.75, 3.05) is 26.0 Å². The van der Waals surface area contributed by atoms with Gasteiger partial charge in [-0.3, -0.25) is 4.79 Å². The Hall–Kier alpha value is -2.62. The molecule has 2 aromatic rings. The molecule has 7 aliphatic rings. The van der Waals surface area contributed by atoms with E-state index in [2.05, 4.69) is 32.1 Å². The minimum atomic E-state index is -3.61. The molecule has 2 spiro atoms. The number of aliphatic hydroxyl groups excluding tert-OH is 1. The third-order valence-electron chi connectivity index (χ3n) is 14.6. The first-order valence-electron chi connectivity index (χ1n) is 18.4. The zero-order chi connectivity index (χ0) is 34.5. The Morgan fingerprint density at radius 1 is 0.918 bits per heavy atom. The molecule has 3 saturated carbocycles. The van der Waals surface area contributed by atoms with Crippen molar-refractivity contribution in [3.63, 3.8) is 0 Å². The minimum Gasteiger partial charge on any atom is -0.393 e. The summed E-state index contributed by atoms with van der Waals surface area (Å²) in [5, 5.41) is 23.9. The number of fused-ring (bicyclic) bond motifs is 1. The highest BCUT2D eigenvalue weighted by atomic mass is 32.2. The highest BCUT2D eigenvalue weighted by Gasteiger charge is 2.74. The fraction of sp³-hybridized carbons (Fsp3) is 0.585. The monoisotopic (exact) mass is 685 g/mol. The van der Waals surface area contributed by atoms with Crippen LogP contribution in [0.3, 0.4) is 0 Å². The van der Waals surface area contributed by atoms with E-state index < -0.39 is 38.0 Å². The van der Waals surface area contributed by atoms with Gasteiger partial charge in [0.25, 0.3) is 0 Å². The summed E-state index contributed by atoms with van der Waals surface area (Å²) >= 11 is 0. The van der Waals surface area contributed by atoms with E-state index in [0.717, 1.165) is 55.2 Å². The molecule has 2 N–H and O–H groups in total. The highest BCUT2D eigenvalue weighted by molar-refractivity contribution is 7.88. The van der Waals surface area contributed by atoms with E-state index in [0.29, 0.717) is 31.4 Å². The predicted octanol–water partition coefficient (Wildman–Crippen LogP) is 6.57. The number of hydrogen-bond donors (Lipinski definition) is 2. The van der Waals surface area contributed by atoms with Crippen molar-refractivity contribution >= 4 is 15.8 Å². The molecule has 8 heteroatoms. The highest BCUT2D eigenvalue weighted by Crippen LogP contribution is 2.78. The quantitative estimate of drug-likeness (QED) is 0.241. The second-order valence-corrected chi connectivity index (χ2v) is 18.7. The van der Waals surface area contributed by atoms with Crippen molar-refractivity contribution in [1.82, 2.24) is 4.31 Å². The Morgan fingerprint density at radius 2 is 1.61 bits per heavy atom. The number of allylic oxidation sites excluding steroid dienone is 4. The van der Waals surface area contributed by atoms with Crippen LogP contribution in [0.1, 0.15) is 82.0 Å². The summed E-state index contributed by atoms with van der Waals surface area (Å²) in [5.41, 5.74) is 0.262. The maximum absolute atomic E-state index is 15.3. The lowest BCUT2D eigenvalue weighted by atomic mass is 9.32. The third kappa shape index (κ3) is 4.80. The fourth-order valence-electron chi connectivity index (χ4n) is 11.9. The molecule has 9 atom stereocenters. The van der Waals surface area contributed by atoms with Gasteiger partial charge in [0.05, 0.1) is 24.1 Å². The summed E-state index contributed by atoms with van der Waals surface area (Å²) in [6.07, 6.45) is 14.2. The molecule has 1 unspecified atom stereocenters. The number of ketones is 1. The van der Waals surface area contributed by atoms with Gasteiger partial charge in [-0.1, -0.05) is 86.7 Å². The summed E-state index contributed by atoms with van der Waals surface area (Å²) in [6, 6.07) is 17.9. The van der Waals surface area contributed by atoms with E-state index in [1.54, 1.807) is 0 Å². The molecule has 6 aliphatic carbocycles. The van der Waals surface area contributed by atoms with Crippen molar-refractivity contribution in [2.24, 2.45) is 33.5 Å². The van der Waals surface area contributed by atoms with Gasteiger partial charge in [-0.2, -0.15) is 4.31 Å². The zero-order valence-corrected chi connectivity index (χ0v) is 29.9. The van der Waals surface area contributed by atoms with Gasteiger partial charge in [0, 0.05) is 47.1 Å². The van der Waals surface area contributed by atoms with Crippen molar-refractivity contribution in [2.45, 2.75) is 89.4 Å². The number of hydrogen-bond acceptors (Lipinski definition) is 6. The Kier molecular flexibility index (Phi) is 7.83. The van der Waals surface area contributed by atoms with Crippen molar-refractivity contribution < 1.29 is 28.2 Å². The second-order valence-electron chi connectivity index (χ2n) is 16.7. The molecule has 9 rings (SSSR count). The average molecular weight is 686 g/mol. The van der Waals surface area contributed by atoms with E-state index >= 15 is 4.79 Å². The van der Waals surface area contributed by atoms with Crippen LogP contribution < -0.4 is 0 Å². The van der Waals surface area contributed by atoms with E-state index in [4.69, 9.17) is 4.74 Å². The zero-order valence-electron chi connectivity index (χ0n) is 29.1. The summed E-state index contributed by atoms with van der Waals surface area (Å²) in [6.45, 7) is 5.46. The maximum atomic E-state index is 15.3. The van der Waals surface area contributed by atoms with Gasteiger partial charge < -0.3 is 14.9 Å². The van der Waals surface area contributed by atoms with E-state index in [9.17, 15) is 18.6 Å². The number of nitrogens with zero attached hydrogens (tertiary/aromatic N) is 1. The van der Waals surface area contributed by atoms with Crippen LogP contribution in [0.15, 0.2) is 78.4 Å². The molecule has 2 aromatic carbocycles. The van der Waals surface area contributed by atoms with E-state index in [1.165, 1.54) is 10.6 Å². The number of Topliss-reactive ketones (excluding diaryl/α,β-unsaturated/α-hetero) is 1. The second kappa shape index (κ2) is 11.4. The van der Waals surface area contributed by atoms with Crippen LogP contribution in [-0.4, -0.2) is 72.5 Å². The topological polar surface area (TPSA) is 104 Å². The van der Waals surface area contributed by atoms with E-state index in [-0.39, 0.29) is 42.2 Å². The number of rotatable bonds is 8.